The molecule has 4 heteroatoms. The lowest BCUT2D eigenvalue weighted by Crippen LogP contribution is -2.41. The molecule has 0 bridgehead atoms. The third kappa shape index (κ3) is 6.01. The van der Waals surface area contributed by atoms with Gasteiger partial charge in [-0.3, -0.25) is 4.79 Å². The van der Waals surface area contributed by atoms with Gasteiger partial charge in [0.05, 0.1) is 6.07 Å². The number of benzene rings is 1. The van der Waals surface area contributed by atoms with E-state index in [1.165, 1.54) is 12.1 Å². The highest BCUT2D eigenvalue weighted by atomic mass is 19.1. The summed E-state index contributed by atoms with van der Waals surface area (Å²) < 4.78 is 12.7. The Bertz CT molecular complexity index is 460. The van der Waals surface area contributed by atoms with Gasteiger partial charge >= 0.3 is 0 Å². The monoisotopic (exact) mass is 262 g/mol. The van der Waals surface area contributed by atoms with Crippen LogP contribution in [-0.4, -0.2) is 11.4 Å². The number of nitriles is 1. The van der Waals surface area contributed by atoms with E-state index < -0.39 is 5.54 Å². The van der Waals surface area contributed by atoms with Gasteiger partial charge in [-0.25, -0.2) is 4.39 Å². The molecule has 102 valence electrons. The molecule has 1 rings (SSSR count). The number of halogens is 1. The van der Waals surface area contributed by atoms with Crippen molar-refractivity contribution in [2.24, 2.45) is 0 Å². The van der Waals surface area contributed by atoms with Crippen molar-refractivity contribution in [2.75, 3.05) is 0 Å². The Hall–Kier alpha value is -1.89. The van der Waals surface area contributed by atoms with Crippen LogP contribution in [-0.2, 0) is 11.2 Å². The Morgan fingerprint density at radius 3 is 2.53 bits per heavy atom. The number of nitrogens with zero attached hydrogens (tertiary/aromatic N) is 1. The van der Waals surface area contributed by atoms with E-state index in [0.717, 1.165) is 24.8 Å². The number of hydrogen-bond acceptors (Lipinski definition) is 2. The van der Waals surface area contributed by atoms with Crippen molar-refractivity contribution < 1.29 is 9.18 Å². The van der Waals surface area contributed by atoms with E-state index in [2.05, 4.69) is 5.32 Å². The van der Waals surface area contributed by atoms with E-state index in [1.807, 2.05) is 6.07 Å². The fraction of sp³-hybridized carbons (Fsp3) is 0.467. The minimum Gasteiger partial charge on any atom is -0.338 e. The first kappa shape index (κ1) is 15.2. The quantitative estimate of drug-likeness (QED) is 0.801. The molecule has 0 fully saturated rings. The largest absolute Gasteiger partial charge is 0.338 e. The van der Waals surface area contributed by atoms with Gasteiger partial charge < -0.3 is 5.32 Å². The van der Waals surface area contributed by atoms with Gasteiger partial charge in [-0.1, -0.05) is 12.1 Å². The van der Waals surface area contributed by atoms with Crippen LogP contribution < -0.4 is 5.32 Å². The topological polar surface area (TPSA) is 52.9 Å². The fourth-order valence-corrected chi connectivity index (χ4v) is 1.70. The summed E-state index contributed by atoms with van der Waals surface area (Å²) in [5, 5.41) is 11.5. The summed E-state index contributed by atoms with van der Waals surface area (Å²) >= 11 is 0. The lowest BCUT2D eigenvalue weighted by Gasteiger charge is -2.17. The van der Waals surface area contributed by atoms with Crippen molar-refractivity contribution in [3.63, 3.8) is 0 Å². The highest BCUT2D eigenvalue weighted by molar-refractivity contribution is 5.77. The van der Waals surface area contributed by atoms with Crippen LogP contribution in [0, 0.1) is 17.1 Å². The number of unbranched alkanes of at least 4 members (excludes halogenated alkanes) is 1. The lowest BCUT2D eigenvalue weighted by atomic mass is 10.1. The summed E-state index contributed by atoms with van der Waals surface area (Å²) in [6, 6.07) is 8.43. The maximum Gasteiger partial charge on any atom is 0.221 e. The standard InChI is InChI=1S/C15H19FN2O/c1-15(2,11-17)18-14(19)6-4-3-5-12-7-9-13(16)10-8-12/h7-10H,3-6H2,1-2H3,(H,18,19). The van der Waals surface area contributed by atoms with Gasteiger partial charge in [0.25, 0.3) is 0 Å². The minimum atomic E-state index is -0.811. The summed E-state index contributed by atoms with van der Waals surface area (Å²) in [4.78, 5) is 11.6. The van der Waals surface area contributed by atoms with Gasteiger partial charge in [0.2, 0.25) is 5.91 Å². The molecule has 1 amide bonds. The molecule has 0 aliphatic heterocycles. The molecule has 0 aromatic heterocycles. The maximum absolute atomic E-state index is 12.7. The summed E-state index contributed by atoms with van der Waals surface area (Å²) in [7, 11) is 0. The number of aryl methyl sites for hydroxylation is 1. The number of carbonyl (C=O) groups is 1. The molecule has 1 aromatic carbocycles. The van der Waals surface area contributed by atoms with Crippen molar-refractivity contribution in [2.45, 2.75) is 45.1 Å². The van der Waals surface area contributed by atoms with Gasteiger partial charge in [0, 0.05) is 6.42 Å². The molecule has 0 saturated carbocycles. The molecular weight excluding hydrogens is 243 g/mol. The molecule has 3 nitrogen and oxygen atoms in total. The van der Waals surface area contributed by atoms with Gasteiger partial charge in [-0.15, -0.1) is 0 Å². The number of carbonyl (C=O) groups excluding carboxylic acids is 1. The Balaban J connectivity index is 2.23. The van der Waals surface area contributed by atoms with Crippen molar-refractivity contribution in [3.8, 4) is 6.07 Å². The van der Waals surface area contributed by atoms with Gasteiger partial charge in [0.15, 0.2) is 0 Å². The minimum absolute atomic E-state index is 0.106. The van der Waals surface area contributed by atoms with Crippen LogP contribution in [0.1, 0.15) is 38.7 Å². The molecule has 0 heterocycles. The molecule has 19 heavy (non-hydrogen) atoms. The SMILES string of the molecule is CC(C)(C#N)NC(=O)CCCCc1ccc(F)cc1. The van der Waals surface area contributed by atoms with Crippen LogP contribution in [0.5, 0.6) is 0 Å². The highest BCUT2D eigenvalue weighted by Crippen LogP contribution is 2.08. The molecule has 0 saturated heterocycles. The molecule has 0 radical (unpaired) electrons. The maximum atomic E-state index is 12.7. The molecule has 1 aromatic rings. The first-order chi connectivity index (χ1) is 8.93. The van der Waals surface area contributed by atoms with E-state index >= 15 is 0 Å². The van der Waals surface area contributed by atoms with Crippen molar-refractivity contribution >= 4 is 5.91 Å². The lowest BCUT2D eigenvalue weighted by molar-refractivity contribution is -0.122. The van der Waals surface area contributed by atoms with E-state index in [0.29, 0.717) is 6.42 Å². The third-order valence-corrected chi connectivity index (χ3v) is 2.76. The summed E-state index contributed by atoms with van der Waals surface area (Å²) in [5.41, 5.74) is 0.257. The van der Waals surface area contributed by atoms with Crippen molar-refractivity contribution in [1.29, 1.82) is 5.26 Å². The van der Waals surface area contributed by atoms with E-state index in [4.69, 9.17) is 5.26 Å². The van der Waals surface area contributed by atoms with Gasteiger partial charge in [-0.05, 0) is 50.8 Å². The van der Waals surface area contributed by atoms with Crippen LogP contribution in [0.3, 0.4) is 0 Å². The van der Waals surface area contributed by atoms with E-state index in [-0.39, 0.29) is 11.7 Å². The number of hydrogen-bond donors (Lipinski definition) is 1. The smallest absolute Gasteiger partial charge is 0.221 e. The third-order valence-electron chi connectivity index (χ3n) is 2.76. The predicted octanol–water partition coefficient (Wildman–Crippen LogP) is 2.96. The average Bonchev–Trinajstić information content (AvgIpc) is 2.36. The molecule has 1 N–H and O–H groups in total. The zero-order chi connectivity index (χ0) is 14.3. The Kier molecular flexibility index (Phi) is 5.50. The van der Waals surface area contributed by atoms with Crippen molar-refractivity contribution in [1.82, 2.24) is 5.32 Å². The molecule has 0 spiro atoms. The highest BCUT2D eigenvalue weighted by Gasteiger charge is 2.18. The zero-order valence-electron chi connectivity index (χ0n) is 11.4. The predicted molar refractivity (Wildman–Crippen MR) is 71.8 cm³/mol. The first-order valence-corrected chi connectivity index (χ1v) is 6.40. The van der Waals surface area contributed by atoms with E-state index in [9.17, 15) is 9.18 Å². The van der Waals surface area contributed by atoms with Crippen LogP contribution in [0.4, 0.5) is 4.39 Å². The second kappa shape index (κ2) is 6.89. The Morgan fingerprint density at radius 1 is 1.32 bits per heavy atom. The summed E-state index contributed by atoms with van der Waals surface area (Å²) in [5.74, 6) is -0.340. The molecule has 0 aliphatic carbocycles. The first-order valence-electron chi connectivity index (χ1n) is 6.40. The van der Waals surface area contributed by atoms with Crippen molar-refractivity contribution in [3.05, 3.63) is 35.6 Å². The second-order valence-corrected chi connectivity index (χ2v) is 5.12. The number of amides is 1. The van der Waals surface area contributed by atoms with Crippen LogP contribution >= 0.6 is 0 Å². The van der Waals surface area contributed by atoms with Gasteiger partial charge in [0.1, 0.15) is 11.4 Å². The molecule has 0 unspecified atom stereocenters. The second-order valence-electron chi connectivity index (χ2n) is 5.12. The van der Waals surface area contributed by atoms with Crippen LogP contribution in [0.15, 0.2) is 24.3 Å². The van der Waals surface area contributed by atoms with Crippen LogP contribution in [0.2, 0.25) is 0 Å². The normalized spacial score (nSPS) is 10.8. The zero-order valence-corrected chi connectivity index (χ0v) is 11.4. The summed E-state index contributed by atoms with van der Waals surface area (Å²) in [6.07, 6.45) is 2.86. The number of nitrogens with one attached hydrogen (secondary N) is 1. The number of rotatable bonds is 6. The Morgan fingerprint density at radius 2 is 1.95 bits per heavy atom. The van der Waals surface area contributed by atoms with E-state index in [1.54, 1.807) is 26.0 Å². The average molecular weight is 262 g/mol. The van der Waals surface area contributed by atoms with Gasteiger partial charge in [-0.2, -0.15) is 5.26 Å². The molecule has 0 aliphatic rings. The fourth-order valence-electron chi connectivity index (χ4n) is 1.70. The molecular formula is C15H19FN2O. The summed E-state index contributed by atoms with van der Waals surface area (Å²) in [6.45, 7) is 3.34. The van der Waals surface area contributed by atoms with Crippen LogP contribution in [0.25, 0.3) is 0 Å². The molecule has 0 atom stereocenters. The Labute approximate surface area is 113 Å².